The number of H-pyrrole nitrogens is 1. The first-order valence-corrected chi connectivity index (χ1v) is 14.3. The largest absolute Gasteiger partial charge is 0.481 e. The molecule has 1 aliphatic carbocycles. The molecule has 11 atom stereocenters. The normalized spacial score (nSPS) is 36.2. The van der Waals surface area contributed by atoms with Gasteiger partial charge in [-0.05, 0) is 6.42 Å². The molecule has 19 nitrogen and oxygen atoms in total. The molecule has 1 aromatic heterocycles. The SMILES string of the molecule is CC(=O)N[C@@H]1[C@@H](O)[C@@H](O)[C@@H](CO)C[C@@H]1OP(=O)(O)OP(=O)(O)OC[C@H]1O[C@@H](n2ccc(=O)[nH]c2=O)[C@H](O)[C@@H]1O. The van der Waals surface area contributed by atoms with Crippen LogP contribution in [0.5, 0.6) is 0 Å². The maximum Gasteiger partial charge on any atom is 0.481 e. The third-order valence-electron chi connectivity index (χ3n) is 6.08. The number of hydrogen-bond donors (Lipinski definition) is 9. The Hall–Kier alpha value is -1.83. The summed E-state index contributed by atoms with van der Waals surface area (Å²) in [7, 11) is -11.0. The van der Waals surface area contributed by atoms with Gasteiger partial charge in [0.15, 0.2) is 6.23 Å². The molecule has 9 N–H and O–H groups in total. The van der Waals surface area contributed by atoms with Crippen LogP contribution in [0.1, 0.15) is 19.6 Å². The molecule has 0 aromatic carbocycles. The van der Waals surface area contributed by atoms with E-state index in [1.807, 2.05) is 4.98 Å². The van der Waals surface area contributed by atoms with Gasteiger partial charge in [-0.1, -0.05) is 0 Å². The Morgan fingerprint density at radius 1 is 1.13 bits per heavy atom. The molecule has 2 unspecified atom stereocenters. The van der Waals surface area contributed by atoms with Crippen LogP contribution in [-0.4, -0.2) is 107 Å². The number of hydrogen-bond acceptors (Lipinski definition) is 14. The molecule has 1 amide bonds. The third-order valence-corrected chi connectivity index (χ3v) is 8.74. The van der Waals surface area contributed by atoms with Gasteiger partial charge in [0, 0.05) is 31.7 Å². The van der Waals surface area contributed by atoms with E-state index in [0.717, 1.165) is 23.8 Å². The van der Waals surface area contributed by atoms with Gasteiger partial charge in [-0.2, -0.15) is 4.31 Å². The lowest BCUT2D eigenvalue weighted by Gasteiger charge is -2.42. The highest BCUT2D eigenvalue weighted by molar-refractivity contribution is 7.61. The molecule has 2 aliphatic rings. The molecule has 3 rings (SSSR count). The van der Waals surface area contributed by atoms with Crippen molar-refractivity contribution in [2.75, 3.05) is 13.2 Å². The van der Waals surface area contributed by atoms with E-state index in [2.05, 4.69) is 14.2 Å². The summed E-state index contributed by atoms with van der Waals surface area (Å²) in [6, 6.07) is -0.534. The van der Waals surface area contributed by atoms with Crippen LogP contribution in [0, 0.1) is 5.92 Å². The van der Waals surface area contributed by atoms with Gasteiger partial charge in [-0.3, -0.25) is 28.2 Å². The Balaban J connectivity index is 1.66. The lowest BCUT2D eigenvalue weighted by molar-refractivity contribution is -0.133. The summed E-state index contributed by atoms with van der Waals surface area (Å²) in [4.78, 5) is 56.6. The first-order chi connectivity index (χ1) is 18.0. The highest BCUT2D eigenvalue weighted by atomic mass is 31.3. The predicted molar refractivity (Wildman–Crippen MR) is 124 cm³/mol. The molecule has 2 fully saturated rings. The molecule has 222 valence electrons. The third kappa shape index (κ3) is 7.68. The van der Waals surface area contributed by atoms with Crippen LogP contribution >= 0.6 is 15.6 Å². The molecule has 0 spiro atoms. The molecule has 39 heavy (non-hydrogen) atoms. The zero-order valence-electron chi connectivity index (χ0n) is 20.1. The first-order valence-electron chi connectivity index (χ1n) is 11.3. The number of ether oxygens (including phenoxy) is 1. The van der Waals surface area contributed by atoms with Gasteiger partial charge in [0.25, 0.3) is 5.56 Å². The van der Waals surface area contributed by atoms with Crippen molar-refractivity contribution in [2.24, 2.45) is 5.92 Å². The summed E-state index contributed by atoms with van der Waals surface area (Å²) in [5, 5.41) is 52.4. The topological polar surface area (TPSA) is 297 Å². The highest BCUT2D eigenvalue weighted by Gasteiger charge is 2.49. The van der Waals surface area contributed by atoms with Crippen LogP contribution < -0.4 is 16.6 Å². The van der Waals surface area contributed by atoms with E-state index >= 15 is 0 Å². The molecule has 21 heteroatoms. The summed E-state index contributed by atoms with van der Waals surface area (Å²) in [6.45, 7) is -0.630. The number of phosphoric acid groups is 2. The monoisotopic (exact) mass is 605 g/mol. The number of nitrogens with one attached hydrogen (secondary N) is 2. The summed E-state index contributed by atoms with van der Waals surface area (Å²) in [5.74, 6) is -1.77. The summed E-state index contributed by atoms with van der Waals surface area (Å²) in [5.41, 5.74) is -1.73. The number of carbonyl (C=O) groups is 1. The fraction of sp³-hybridized carbons (Fsp3) is 0.722. The average Bonchev–Trinajstić information content (AvgIpc) is 3.10. The number of aliphatic hydroxyl groups is 5. The maximum absolute atomic E-state index is 12.5. The van der Waals surface area contributed by atoms with Crippen LogP contribution in [-0.2, 0) is 32.0 Å². The number of phosphoric ester groups is 2. The Morgan fingerprint density at radius 2 is 1.79 bits per heavy atom. The molecule has 1 saturated carbocycles. The Labute approximate surface area is 218 Å². The Bertz CT molecular complexity index is 1240. The highest BCUT2D eigenvalue weighted by Crippen LogP contribution is 2.61. The fourth-order valence-electron chi connectivity index (χ4n) is 4.24. The minimum absolute atomic E-state index is 0.379. The minimum Gasteiger partial charge on any atom is -0.396 e. The summed E-state index contributed by atoms with van der Waals surface area (Å²) in [6.07, 6.45) is -10.9. The second-order valence-corrected chi connectivity index (χ2v) is 11.9. The Morgan fingerprint density at radius 3 is 2.38 bits per heavy atom. The van der Waals surface area contributed by atoms with Gasteiger partial charge in [0.2, 0.25) is 5.91 Å². The predicted octanol–water partition coefficient (Wildman–Crippen LogP) is -3.99. The van der Waals surface area contributed by atoms with Crippen molar-refractivity contribution >= 4 is 21.6 Å². The van der Waals surface area contributed by atoms with Gasteiger partial charge < -0.3 is 45.4 Å². The van der Waals surface area contributed by atoms with E-state index in [4.69, 9.17) is 9.26 Å². The van der Waals surface area contributed by atoms with Crippen molar-refractivity contribution < 1.29 is 67.3 Å². The average molecular weight is 605 g/mol. The molecular weight excluding hydrogens is 576 g/mol. The van der Waals surface area contributed by atoms with Crippen molar-refractivity contribution in [3.63, 3.8) is 0 Å². The van der Waals surface area contributed by atoms with E-state index in [0.29, 0.717) is 0 Å². The van der Waals surface area contributed by atoms with Crippen molar-refractivity contribution in [3.8, 4) is 0 Å². The zero-order valence-corrected chi connectivity index (χ0v) is 21.9. The van der Waals surface area contributed by atoms with Crippen molar-refractivity contribution in [1.29, 1.82) is 0 Å². The van der Waals surface area contributed by atoms with Crippen LogP contribution in [0.4, 0.5) is 0 Å². The van der Waals surface area contributed by atoms with Gasteiger partial charge >= 0.3 is 21.3 Å². The molecule has 1 saturated heterocycles. The molecule has 0 radical (unpaired) electrons. The molecule has 0 bridgehead atoms. The smallest absolute Gasteiger partial charge is 0.396 e. The maximum atomic E-state index is 12.5. The van der Waals surface area contributed by atoms with Crippen molar-refractivity contribution in [2.45, 2.75) is 62.2 Å². The standard InChI is InChI=1S/C18H29N3O16P2/c1-7(23)19-12-9(4-8(5-22)13(25)15(12)27)36-39(32,33)37-38(30,31)34-6-10-14(26)16(28)17(35-10)21-3-2-11(24)20-18(21)29/h2-3,8-10,12-17,22,25-28H,4-6H2,1H3,(H,19,23)(H,30,31)(H,32,33)(H,20,24,29)/t8-,9+,10-,12+,13+,14-,15-,16-,17-/m1/s1. The van der Waals surface area contributed by atoms with E-state index in [9.17, 15) is 58.8 Å². The minimum atomic E-state index is -5.50. The number of carbonyl (C=O) groups excluding carboxylic acids is 1. The summed E-state index contributed by atoms with van der Waals surface area (Å²) >= 11 is 0. The van der Waals surface area contributed by atoms with Gasteiger partial charge in [0.05, 0.1) is 24.9 Å². The molecule has 1 aromatic rings. The number of amides is 1. The lowest BCUT2D eigenvalue weighted by Crippen LogP contribution is -2.61. The second kappa shape index (κ2) is 12.4. The van der Waals surface area contributed by atoms with Crippen molar-refractivity contribution in [1.82, 2.24) is 14.9 Å². The van der Waals surface area contributed by atoms with Crippen LogP contribution in [0.25, 0.3) is 0 Å². The summed E-state index contributed by atoms with van der Waals surface area (Å²) < 4.78 is 44.6. The lowest BCUT2D eigenvalue weighted by atomic mass is 9.80. The van der Waals surface area contributed by atoms with Crippen molar-refractivity contribution in [3.05, 3.63) is 33.1 Å². The van der Waals surface area contributed by atoms with Gasteiger partial charge in [-0.15, -0.1) is 0 Å². The zero-order chi connectivity index (χ0) is 29.3. The number of aliphatic hydroxyl groups excluding tert-OH is 5. The number of aromatic amines is 1. The van der Waals surface area contributed by atoms with E-state index in [1.165, 1.54) is 0 Å². The van der Waals surface area contributed by atoms with E-state index < -0.39 is 101 Å². The number of rotatable bonds is 10. The van der Waals surface area contributed by atoms with E-state index in [-0.39, 0.29) is 6.42 Å². The number of aromatic nitrogens is 2. The van der Waals surface area contributed by atoms with Gasteiger partial charge in [0.1, 0.15) is 24.4 Å². The first kappa shape index (κ1) is 31.7. The van der Waals surface area contributed by atoms with Crippen LogP contribution in [0.15, 0.2) is 21.9 Å². The molecule has 2 heterocycles. The molecular formula is C18H29N3O16P2. The van der Waals surface area contributed by atoms with Crippen LogP contribution in [0.3, 0.4) is 0 Å². The second-order valence-electron chi connectivity index (χ2n) is 8.91. The quantitative estimate of drug-likeness (QED) is 0.115. The number of nitrogens with zero attached hydrogens (tertiary/aromatic N) is 1. The fourth-order valence-corrected chi connectivity index (χ4v) is 6.52. The van der Waals surface area contributed by atoms with Gasteiger partial charge in [-0.25, -0.2) is 13.9 Å². The Kier molecular flexibility index (Phi) is 10.0. The van der Waals surface area contributed by atoms with E-state index in [1.54, 1.807) is 0 Å². The van der Waals surface area contributed by atoms with Crippen LogP contribution in [0.2, 0.25) is 0 Å². The molecule has 1 aliphatic heterocycles.